The zero-order chi connectivity index (χ0) is 11.8. The number of hydrogen-bond acceptors (Lipinski definition) is 2. The van der Waals surface area contributed by atoms with E-state index in [9.17, 15) is 5.11 Å². The van der Waals surface area contributed by atoms with E-state index in [0.717, 1.165) is 24.1 Å². The minimum Gasteiger partial charge on any atom is -0.508 e. The minimum atomic E-state index is 0.171. The average molecular weight is 246 g/mol. The van der Waals surface area contributed by atoms with E-state index in [4.69, 9.17) is 11.6 Å². The lowest BCUT2D eigenvalue weighted by Gasteiger charge is -2.13. The van der Waals surface area contributed by atoms with Crippen LogP contribution in [0.15, 0.2) is 36.5 Å². The van der Waals surface area contributed by atoms with Crippen LogP contribution in [0.4, 0.5) is 0 Å². The smallest absolute Gasteiger partial charge is 0.119 e. The van der Waals surface area contributed by atoms with E-state index >= 15 is 0 Å². The maximum absolute atomic E-state index is 9.93. The van der Waals surface area contributed by atoms with Gasteiger partial charge in [-0.3, -0.25) is 4.98 Å². The van der Waals surface area contributed by atoms with Gasteiger partial charge in [0.1, 0.15) is 5.75 Å². The van der Waals surface area contributed by atoms with E-state index in [1.54, 1.807) is 18.3 Å². The molecule has 3 rings (SSSR count). The van der Waals surface area contributed by atoms with Crippen LogP contribution in [0, 0.1) is 0 Å². The largest absolute Gasteiger partial charge is 0.508 e. The fraction of sp³-hybridized carbons (Fsp3) is 0.214. The average Bonchev–Trinajstić information content (AvgIpc) is 2.76. The van der Waals surface area contributed by atoms with Crippen LogP contribution in [0.3, 0.4) is 0 Å². The number of hydrogen-bond donors (Lipinski definition) is 1. The summed E-state index contributed by atoms with van der Waals surface area (Å²) in [4.78, 5) is 4.43. The molecule has 0 aliphatic heterocycles. The molecule has 1 aromatic heterocycles. The molecule has 1 unspecified atom stereocenters. The summed E-state index contributed by atoms with van der Waals surface area (Å²) >= 11 is 5.99. The zero-order valence-electron chi connectivity index (χ0n) is 9.23. The molecule has 1 heterocycles. The van der Waals surface area contributed by atoms with Crippen molar-refractivity contribution in [3.63, 3.8) is 0 Å². The number of halogens is 1. The Bertz CT molecular complexity index is 568. The second kappa shape index (κ2) is 4.04. The number of aryl methyl sites for hydroxylation is 1. The quantitative estimate of drug-likeness (QED) is 0.834. The first-order chi connectivity index (χ1) is 8.25. The second-order valence-corrected chi connectivity index (χ2v) is 4.78. The Hall–Kier alpha value is -1.54. The standard InChI is InChI=1S/C14H12ClNO/c15-10-4-6-13(17)12(8-10)11-5-3-9-2-1-7-16-14(9)11/h1-2,4,6-8,11,17H,3,5H2. The van der Waals surface area contributed by atoms with Crippen LogP contribution in [-0.4, -0.2) is 10.1 Å². The summed E-state index contributed by atoms with van der Waals surface area (Å²) in [6.45, 7) is 0. The predicted molar refractivity (Wildman–Crippen MR) is 67.5 cm³/mol. The summed E-state index contributed by atoms with van der Waals surface area (Å²) < 4.78 is 0. The highest BCUT2D eigenvalue weighted by Gasteiger charge is 2.27. The van der Waals surface area contributed by atoms with E-state index in [1.165, 1.54) is 5.56 Å². The summed E-state index contributed by atoms with van der Waals surface area (Å²) in [5.41, 5.74) is 3.23. The molecule has 0 saturated carbocycles. The van der Waals surface area contributed by atoms with Gasteiger partial charge in [-0.2, -0.15) is 0 Å². The van der Waals surface area contributed by atoms with Gasteiger partial charge in [-0.25, -0.2) is 0 Å². The lowest BCUT2D eigenvalue weighted by molar-refractivity contribution is 0.464. The van der Waals surface area contributed by atoms with Crippen molar-refractivity contribution >= 4 is 11.6 Å². The van der Waals surface area contributed by atoms with Gasteiger partial charge >= 0.3 is 0 Å². The molecule has 0 spiro atoms. The molecule has 2 aromatic rings. The Morgan fingerprint density at radius 2 is 2.18 bits per heavy atom. The molecule has 0 amide bonds. The van der Waals surface area contributed by atoms with Gasteiger partial charge in [0.15, 0.2) is 0 Å². The van der Waals surface area contributed by atoms with E-state index in [-0.39, 0.29) is 5.92 Å². The SMILES string of the molecule is Oc1ccc(Cl)cc1C1CCc2cccnc21. The fourth-order valence-electron chi connectivity index (χ4n) is 2.52. The van der Waals surface area contributed by atoms with Gasteiger partial charge in [0.2, 0.25) is 0 Å². The highest BCUT2D eigenvalue weighted by atomic mass is 35.5. The van der Waals surface area contributed by atoms with Crippen molar-refractivity contribution in [3.05, 3.63) is 58.4 Å². The molecule has 0 bridgehead atoms. The van der Waals surface area contributed by atoms with E-state index in [1.807, 2.05) is 12.1 Å². The molecule has 0 fully saturated rings. The van der Waals surface area contributed by atoms with Crippen molar-refractivity contribution in [3.8, 4) is 5.75 Å². The van der Waals surface area contributed by atoms with Gasteiger partial charge < -0.3 is 5.11 Å². The fourth-order valence-corrected chi connectivity index (χ4v) is 2.70. The number of phenolic OH excluding ortho intramolecular Hbond substituents is 1. The lowest BCUT2D eigenvalue weighted by atomic mass is 9.95. The maximum Gasteiger partial charge on any atom is 0.119 e. The molecular formula is C14H12ClNO. The summed E-state index contributed by atoms with van der Waals surface area (Å²) in [5, 5.41) is 10.6. The van der Waals surface area contributed by atoms with Gasteiger partial charge in [-0.1, -0.05) is 17.7 Å². The number of phenols is 1. The Morgan fingerprint density at radius 3 is 3.06 bits per heavy atom. The zero-order valence-corrected chi connectivity index (χ0v) is 9.98. The van der Waals surface area contributed by atoms with Crippen LogP contribution in [0.5, 0.6) is 5.75 Å². The third kappa shape index (κ3) is 1.79. The molecule has 86 valence electrons. The molecule has 3 heteroatoms. The molecule has 2 nitrogen and oxygen atoms in total. The van der Waals surface area contributed by atoms with Crippen molar-refractivity contribution in [1.82, 2.24) is 4.98 Å². The second-order valence-electron chi connectivity index (χ2n) is 4.34. The molecule has 1 aliphatic carbocycles. The minimum absolute atomic E-state index is 0.171. The monoisotopic (exact) mass is 245 g/mol. The summed E-state index contributed by atoms with van der Waals surface area (Å²) in [6.07, 6.45) is 3.80. The Balaban J connectivity index is 2.10. The molecule has 0 saturated heterocycles. The van der Waals surface area contributed by atoms with Gasteiger partial charge in [-0.15, -0.1) is 0 Å². The van der Waals surface area contributed by atoms with Crippen molar-refractivity contribution in [2.75, 3.05) is 0 Å². The maximum atomic E-state index is 9.93. The van der Waals surface area contributed by atoms with Crippen LogP contribution < -0.4 is 0 Å². The molecule has 1 aromatic carbocycles. The molecular weight excluding hydrogens is 234 g/mol. The van der Waals surface area contributed by atoms with Gasteiger partial charge in [0, 0.05) is 22.7 Å². The van der Waals surface area contributed by atoms with Crippen LogP contribution in [0.2, 0.25) is 5.02 Å². The first kappa shape index (κ1) is 10.6. The van der Waals surface area contributed by atoms with E-state index in [2.05, 4.69) is 11.1 Å². The van der Waals surface area contributed by atoms with Crippen LogP contribution in [0.1, 0.15) is 29.2 Å². The van der Waals surface area contributed by atoms with Gasteiger partial charge in [-0.05, 0) is 42.7 Å². The summed E-state index contributed by atoms with van der Waals surface area (Å²) in [7, 11) is 0. The Morgan fingerprint density at radius 1 is 1.29 bits per heavy atom. The Labute approximate surface area is 105 Å². The van der Waals surface area contributed by atoms with E-state index in [0.29, 0.717) is 10.8 Å². The Kier molecular flexibility index (Phi) is 2.52. The summed E-state index contributed by atoms with van der Waals surface area (Å²) in [6, 6.07) is 9.25. The number of benzene rings is 1. The normalized spacial score (nSPS) is 18.1. The van der Waals surface area contributed by atoms with Crippen LogP contribution in [0.25, 0.3) is 0 Å². The van der Waals surface area contributed by atoms with E-state index < -0.39 is 0 Å². The van der Waals surface area contributed by atoms with Gasteiger partial charge in [0.05, 0.1) is 5.69 Å². The van der Waals surface area contributed by atoms with Crippen molar-refractivity contribution in [2.24, 2.45) is 0 Å². The van der Waals surface area contributed by atoms with Crippen LogP contribution in [-0.2, 0) is 6.42 Å². The number of nitrogens with zero attached hydrogens (tertiary/aromatic N) is 1. The van der Waals surface area contributed by atoms with Crippen LogP contribution >= 0.6 is 11.6 Å². The highest BCUT2D eigenvalue weighted by molar-refractivity contribution is 6.30. The number of pyridine rings is 1. The number of aromatic hydroxyl groups is 1. The predicted octanol–water partition coefficient (Wildman–Crippen LogP) is 3.52. The highest BCUT2D eigenvalue weighted by Crippen LogP contribution is 2.40. The van der Waals surface area contributed by atoms with Gasteiger partial charge in [0.25, 0.3) is 0 Å². The third-order valence-electron chi connectivity index (χ3n) is 3.32. The first-order valence-corrected chi connectivity index (χ1v) is 6.05. The van der Waals surface area contributed by atoms with Crippen molar-refractivity contribution in [2.45, 2.75) is 18.8 Å². The third-order valence-corrected chi connectivity index (χ3v) is 3.56. The molecule has 1 atom stereocenters. The number of aromatic nitrogens is 1. The molecule has 1 aliphatic rings. The number of fused-ring (bicyclic) bond motifs is 1. The number of rotatable bonds is 1. The van der Waals surface area contributed by atoms with Crippen molar-refractivity contribution in [1.29, 1.82) is 0 Å². The topological polar surface area (TPSA) is 33.1 Å². The molecule has 17 heavy (non-hydrogen) atoms. The molecule has 1 N–H and O–H groups in total. The lowest BCUT2D eigenvalue weighted by Crippen LogP contribution is -1.99. The summed E-state index contributed by atoms with van der Waals surface area (Å²) in [5.74, 6) is 0.475. The first-order valence-electron chi connectivity index (χ1n) is 5.68. The van der Waals surface area contributed by atoms with Crippen molar-refractivity contribution < 1.29 is 5.11 Å². The molecule has 0 radical (unpaired) electrons.